The number of aryl methyl sites for hydroxylation is 1. The normalized spacial score (nSPS) is 15.6. The van der Waals surface area contributed by atoms with Crippen molar-refractivity contribution >= 4 is 17.3 Å². The van der Waals surface area contributed by atoms with Gasteiger partial charge in [0.2, 0.25) is 5.91 Å². The van der Waals surface area contributed by atoms with Crippen molar-refractivity contribution in [1.29, 1.82) is 0 Å². The molecule has 0 saturated carbocycles. The third kappa shape index (κ3) is 2.02. The Hall–Kier alpha value is -1.51. The van der Waals surface area contributed by atoms with Crippen LogP contribution in [0.4, 0.5) is 11.4 Å². The van der Waals surface area contributed by atoms with Crippen molar-refractivity contribution in [2.45, 2.75) is 39.5 Å². The Balaban J connectivity index is 2.47. The monoisotopic (exact) mass is 232 g/mol. The van der Waals surface area contributed by atoms with Crippen molar-refractivity contribution in [2.75, 3.05) is 17.2 Å². The molecule has 1 aliphatic rings. The number of amides is 1. The van der Waals surface area contributed by atoms with Gasteiger partial charge in [-0.25, -0.2) is 0 Å². The zero-order valence-electron chi connectivity index (χ0n) is 10.6. The van der Waals surface area contributed by atoms with E-state index in [4.69, 9.17) is 5.73 Å². The van der Waals surface area contributed by atoms with Crippen molar-refractivity contribution in [2.24, 2.45) is 0 Å². The van der Waals surface area contributed by atoms with E-state index in [-0.39, 0.29) is 5.91 Å². The lowest BCUT2D eigenvalue weighted by Gasteiger charge is -2.22. The van der Waals surface area contributed by atoms with E-state index in [1.165, 1.54) is 5.56 Å². The maximum absolute atomic E-state index is 11.8. The van der Waals surface area contributed by atoms with Crippen molar-refractivity contribution in [3.05, 3.63) is 23.3 Å². The molecule has 0 atom stereocenters. The summed E-state index contributed by atoms with van der Waals surface area (Å²) in [6.45, 7) is 5.03. The lowest BCUT2D eigenvalue weighted by atomic mass is 10.0. The molecule has 3 nitrogen and oxygen atoms in total. The van der Waals surface area contributed by atoms with Gasteiger partial charge in [0.25, 0.3) is 0 Å². The molecule has 1 aromatic carbocycles. The summed E-state index contributed by atoms with van der Waals surface area (Å²) >= 11 is 0. The molecule has 0 bridgehead atoms. The smallest absolute Gasteiger partial charge is 0.227 e. The summed E-state index contributed by atoms with van der Waals surface area (Å²) in [6.07, 6.45) is 3.43. The molecule has 3 heteroatoms. The number of nitrogen functional groups attached to an aromatic ring is 1. The number of hydrogen-bond acceptors (Lipinski definition) is 2. The molecule has 1 fully saturated rings. The number of nitrogens with two attached hydrogens (primary N) is 1. The molecule has 0 radical (unpaired) electrons. The second kappa shape index (κ2) is 4.78. The predicted molar refractivity (Wildman–Crippen MR) is 71.2 cm³/mol. The number of rotatable bonds is 3. The summed E-state index contributed by atoms with van der Waals surface area (Å²) in [5.41, 5.74) is 10.4. The SMILES string of the molecule is CCc1ccc(N2CCCC2=O)c(CC)c1N. The summed E-state index contributed by atoms with van der Waals surface area (Å²) in [5.74, 6) is 0.225. The Kier molecular flexibility index (Phi) is 3.36. The molecule has 2 N–H and O–H groups in total. The number of carbonyl (C=O) groups excluding carboxylic acids is 1. The fourth-order valence-corrected chi connectivity index (χ4v) is 2.54. The first-order valence-electron chi connectivity index (χ1n) is 6.39. The summed E-state index contributed by atoms with van der Waals surface area (Å²) in [6, 6.07) is 4.10. The van der Waals surface area contributed by atoms with E-state index in [0.717, 1.165) is 42.7 Å². The number of benzene rings is 1. The Bertz CT molecular complexity index is 440. The van der Waals surface area contributed by atoms with Crippen LogP contribution in [0.15, 0.2) is 12.1 Å². The van der Waals surface area contributed by atoms with Gasteiger partial charge in [0.1, 0.15) is 0 Å². The van der Waals surface area contributed by atoms with Gasteiger partial charge in [-0.3, -0.25) is 4.79 Å². The molecule has 0 unspecified atom stereocenters. The summed E-state index contributed by atoms with van der Waals surface area (Å²) < 4.78 is 0. The number of anilines is 2. The second-order valence-electron chi connectivity index (χ2n) is 4.49. The summed E-state index contributed by atoms with van der Waals surface area (Å²) in [7, 11) is 0. The standard InChI is InChI=1S/C14H20N2O/c1-3-10-7-8-12(11(4-2)14(10)15)16-9-5-6-13(16)17/h7-8H,3-6,9,15H2,1-2H3. The summed E-state index contributed by atoms with van der Waals surface area (Å²) in [4.78, 5) is 13.7. The van der Waals surface area contributed by atoms with Gasteiger partial charge in [-0.05, 0) is 36.5 Å². The minimum absolute atomic E-state index is 0.225. The minimum atomic E-state index is 0.225. The molecule has 1 heterocycles. The van der Waals surface area contributed by atoms with Crippen molar-refractivity contribution in [3.8, 4) is 0 Å². The second-order valence-corrected chi connectivity index (χ2v) is 4.49. The van der Waals surface area contributed by atoms with Crippen LogP contribution in [0.3, 0.4) is 0 Å². The zero-order chi connectivity index (χ0) is 12.4. The van der Waals surface area contributed by atoms with Crippen LogP contribution in [0.1, 0.15) is 37.8 Å². The highest BCUT2D eigenvalue weighted by atomic mass is 16.2. The van der Waals surface area contributed by atoms with E-state index in [2.05, 4.69) is 26.0 Å². The van der Waals surface area contributed by atoms with Gasteiger partial charge < -0.3 is 10.6 Å². The van der Waals surface area contributed by atoms with Crippen LogP contribution in [0.5, 0.6) is 0 Å². The molecule has 0 aliphatic carbocycles. The number of carbonyl (C=O) groups is 1. The Morgan fingerprint density at radius 2 is 2.06 bits per heavy atom. The van der Waals surface area contributed by atoms with Gasteiger partial charge in [0.05, 0.1) is 0 Å². The van der Waals surface area contributed by atoms with Gasteiger partial charge in [-0.15, -0.1) is 0 Å². The Morgan fingerprint density at radius 3 is 2.59 bits per heavy atom. The molecule has 1 aliphatic heterocycles. The van der Waals surface area contributed by atoms with Gasteiger partial charge in [-0.1, -0.05) is 19.9 Å². The quantitative estimate of drug-likeness (QED) is 0.814. The van der Waals surface area contributed by atoms with Crippen LogP contribution in [-0.2, 0) is 17.6 Å². The van der Waals surface area contributed by atoms with Gasteiger partial charge in [-0.2, -0.15) is 0 Å². The van der Waals surface area contributed by atoms with Crippen molar-refractivity contribution in [3.63, 3.8) is 0 Å². The lowest BCUT2D eigenvalue weighted by molar-refractivity contribution is -0.117. The first-order valence-corrected chi connectivity index (χ1v) is 6.39. The Labute approximate surface area is 103 Å². The van der Waals surface area contributed by atoms with Gasteiger partial charge in [0.15, 0.2) is 0 Å². The van der Waals surface area contributed by atoms with E-state index in [1.54, 1.807) is 0 Å². The van der Waals surface area contributed by atoms with Crippen molar-refractivity contribution in [1.82, 2.24) is 0 Å². The lowest BCUT2D eigenvalue weighted by Crippen LogP contribution is -2.25. The average Bonchev–Trinajstić information content (AvgIpc) is 2.75. The fourth-order valence-electron chi connectivity index (χ4n) is 2.54. The predicted octanol–water partition coefficient (Wildman–Crippen LogP) is 2.52. The van der Waals surface area contributed by atoms with Gasteiger partial charge in [0, 0.05) is 24.3 Å². The van der Waals surface area contributed by atoms with E-state index in [9.17, 15) is 4.79 Å². The van der Waals surface area contributed by atoms with Crippen LogP contribution in [0.25, 0.3) is 0 Å². The molecule has 1 aromatic rings. The third-order valence-corrected chi connectivity index (χ3v) is 3.52. The molecule has 0 aromatic heterocycles. The largest absolute Gasteiger partial charge is 0.398 e. The minimum Gasteiger partial charge on any atom is -0.398 e. The van der Waals surface area contributed by atoms with Crippen molar-refractivity contribution < 1.29 is 4.79 Å². The molecular weight excluding hydrogens is 212 g/mol. The average molecular weight is 232 g/mol. The molecule has 0 spiro atoms. The maximum Gasteiger partial charge on any atom is 0.227 e. The van der Waals surface area contributed by atoms with E-state index >= 15 is 0 Å². The maximum atomic E-state index is 11.8. The van der Waals surface area contributed by atoms with E-state index in [0.29, 0.717) is 6.42 Å². The first kappa shape index (κ1) is 12.0. The van der Waals surface area contributed by atoms with Gasteiger partial charge >= 0.3 is 0 Å². The molecular formula is C14H20N2O. The topological polar surface area (TPSA) is 46.3 Å². The van der Waals surface area contributed by atoms with Crippen LogP contribution < -0.4 is 10.6 Å². The summed E-state index contributed by atoms with van der Waals surface area (Å²) in [5, 5.41) is 0. The first-order chi connectivity index (χ1) is 8.19. The molecule has 92 valence electrons. The number of hydrogen-bond donors (Lipinski definition) is 1. The van der Waals surface area contributed by atoms with E-state index < -0.39 is 0 Å². The zero-order valence-corrected chi connectivity index (χ0v) is 10.6. The highest BCUT2D eigenvalue weighted by Gasteiger charge is 2.24. The van der Waals surface area contributed by atoms with Crippen LogP contribution in [0, 0.1) is 0 Å². The fraction of sp³-hybridized carbons (Fsp3) is 0.500. The molecule has 2 rings (SSSR count). The molecule has 1 saturated heterocycles. The van der Waals surface area contributed by atoms with E-state index in [1.807, 2.05) is 4.90 Å². The molecule has 17 heavy (non-hydrogen) atoms. The third-order valence-electron chi connectivity index (χ3n) is 3.52. The number of nitrogens with zero attached hydrogens (tertiary/aromatic N) is 1. The van der Waals surface area contributed by atoms with Crippen LogP contribution in [0.2, 0.25) is 0 Å². The van der Waals surface area contributed by atoms with Crippen LogP contribution in [-0.4, -0.2) is 12.5 Å². The molecule has 1 amide bonds. The highest BCUT2D eigenvalue weighted by molar-refractivity contribution is 5.97. The van der Waals surface area contributed by atoms with Crippen LogP contribution >= 0.6 is 0 Å². The highest BCUT2D eigenvalue weighted by Crippen LogP contribution is 2.32. The Morgan fingerprint density at radius 1 is 1.29 bits per heavy atom.